The number of pyridine rings is 1. The summed E-state index contributed by atoms with van der Waals surface area (Å²) in [6.45, 7) is 2.47. The lowest BCUT2D eigenvalue weighted by atomic mass is 9.95. The van der Waals surface area contributed by atoms with Gasteiger partial charge >= 0.3 is 5.97 Å². The molecule has 1 amide bonds. The van der Waals surface area contributed by atoms with Crippen LogP contribution in [0.5, 0.6) is 0 Å². The second-order valence-corrected chi connectivity index (χ2v) is 5.81. The zero-order valence-corrected chi connectivity index (χ0v) is 12.5. The average molecular weight is 290 g/mol. The van der Waals surface area contributed by atoms with Gasteiger partial charge in [0.1, 0.15) is 0 Å². The van der Waals surface area contributed by atoms with Crippen molar-refractivity contribution in [1.82, 2.24) is 9.88 Å². The van der Waals surface area contributed by atoms with Gasteiger partial charge in [-0.15, -0.1) is 0 Å². The third kappa shape index (κ3) is 3.60. The number of carbonyl (C=O) groups excluding carboxylic acids is 1. The summed E-state index contributed by atoms with van der Waals surface area (Å²) in [5, 5.41) is 9.33. The van der Waals surface area contributed by atoms with Crippen LogP contribution >= 0.6 is 0 Å². The number of aromatic nitrogens is 1. The normalized spacial score (nSPS) is 24.8. The van der Waals surface area contributed by atoms with Crippen molar-refractivity contribution < 1.29 is 14.7 Å². The van der Waals surface area contributed by atoms with Crippen LogP contribution in [0.2, 0.25) is 0 Å². The Morgan fingerprint density at radius 2 is 2.05 bits per heavy atom. The van der Waals surface area contributed by atoms with Gasteiger partial charge in [0, 0.05) is 13.2 Å². The molecule has 0 aliphatic heterocycles. The number of carboxylic acids is 1. The number of hydrogen-bond donors (Lipinski definition) is 1. The molecule has 1 N–H and O–H groups in total. The molecule has 1 aromatic heterocycles. The molecule has 0 saturated heterocycles. The first-order chi connectivity index (χ1) is 10.0. The van der Waals surface area contributed by atoms with E-state index in [1.165, 1.54) is 0 Å². The molecule has 0 aromatic carbocycles. The van der Waals surface area contributed by atoms with E-state index in [2.05, 4.69) is 4.98 Å². The topological polar surface area (TPSA) is 70.5 Å². The summed E-state index contributed by atoms with van der Waals surface area (Å²) in [4.78, 5) is 29.7. The van der Waals surface area contributed by atoms with E-state index in [1.54, 1.807) is 18.1 Å². The second kappa shape index (κ2) is 6.70. The molecule has 1 aliphatic carbocycles. The van der Waals surface area contributed by atoms with Gasteiger partial charge in [0.05, 0.1) is 24.1 Å². The SMILES string of the molecule is CCC1CC(C(=O)O)C(C(=O)N(C)Cc2ccccn2)C1. The van der Waals surface area contributed by atoms with Crippen molar-refractivity contribution in [2.45, 2.75) is 32.7 Å². The van der Waals surface area contributed by atoms with Crippen LogP contribution in [0.25, 0.3) is 0 Å². The summed E-state index contributed by atoms with van der Waals surface area (Å²) in [6.07, 6.45) is 3.91. The zero-order chi connectivity index (χ0) is 15.4. The number of aliphatic carboxylic acids is 1. The Bertz CT molecular complexity index is 504. The fourth-order valence-corrected chi connectivity index (χ4v) is 3.12. The maximum Gasteiger partial charge on any atom is 0.307 e. The first kappa shape index (κ1) is 15.5. The molecule has 0 bridgehead atoms. The summed E-state index contributed by atoms with van der Waals surface area (Å²) in [5.41, 5.74) is 0.810. The van der Waals surface area contributed by atoms with Crippen molar-refractivity contribution in [3.8, 4) is 0 Å². The molecule has 2 rings (SSSR count). The van der Waals surface area contributed by atoms with E-state index in [1.807, 2.05) is 25.1 Å². The minimum Gasteiger partial charge on any atom is -0.481 e. The van der Waals surface area contributed by atoms with E-state index in [-0.39, 0.29) is 5.91 Å². The lowest BCUT2D eigenvalue weighted by Crippen LogP contribution is -2.36. The third-order valence-electron chi connectivity index (χ3n) is 4.37. The molecule has 1 fully saturated rings. The fraction of sp³-hybridized carbons (Fsp3) is 0.562. The highest BCUT2D eigenvalue weighted by Gasteiger charge is 2.43. The van der Waals surface area contributed by atoms with Crippen molar-refractivity contribution in [2.24, 2.45) is 17.8 Å². The van der Waals surface area contributed by atoms with Crippen molar-refractivity contribution >= 4 is 11.9 Å². The van der Waals surface area contributed by atoms with Crippen LogP contribution in [0, 0.1) is 17.8 Å². The van der Waals surface area contributed by atoms with Crippen LogP contribution in [0.15, 0.2) is 24.4 Å². The van der Waals surface area contributed by atoms with Crippen molar-refractivity contribution in [1.29, 1.82) is 0 Å². The third-order valence-corrected chi connectivity index (χ3v) is 4.37. The monoisotopic (exact) mass is 290 g/mol. The Balaban J connectivity index is 2.05. The van der Waals surface area contributed by atoms with Crippen LogP contribution < -0.4 is 0 Å². The predicted octanol–water partition coefficient (Wildman–Crippen LogP) is 2.18. The van der Waals surface area contributed by atoms with Gasteiger partial charge in [-0.1, -0.05) is 19.4 Å². The van der Waals surface area contributed by atoms with E-state index in [0.29, 0.717) is 25.3 Å². The van der Waals surface area contributed by atoms with Crippen molar-refractivity contribution in [3.05, 3.63) is 30.1 Å². The summed E-state index contributed by atoms with van der Waals surface area (Å²) in [6, 6.07) is 5.57. The smallest absolute Gasteiger partial charge is 0.307 e. The molecule has 21 heavy (non-hydrogen) atoms. The Kier molecular flexibility index (Phi) is 4.94. The van der Waals surface area contributed by atoms with Crippen LogP contribution in [0.4, 0.5) is 0 Å². The van der Waals surface area contributed by atoms with Crippen LogP contribution in [0.3, 0.4) is 0 Å². The van der Waals surface area contributed by atoms with E-state index in [9.17, 15) is 14.7 Å². The fourth-order valence-electron chi connectivity index (χ4n) is 3.12. The Labute approximate surface area is 125 Å². The molecular formula is C16H22N2O3. The number of carboxylic acid groups (broad SMARTS) is 1. The summed E-state index contributed by atoms with van der Waals surface area (Å²) < 4.78 is 0. The van der Waals surface area contributed by atoms with E-state index >= 15 is 0 Å². The van der Waals surface area contributed by atoms with Gasteiger partial charge in [0.15, 0.2) is 0 Å². The molecule has 5 heteroatoms. The average Bonchev–Trinajstić information content (AvgIpc) is 2.92. The van der Waals surface area contributed by atoms with Crippen LogP contribution in [0.1, 0.15) is 31.9 Å². The molecule has 1 heterocycles. The molecule has 3 atom stereocenters. The number of amides is 1. The standard InChI is InChI=1S/C16H22N2O3/c1-3-11-8-13(14(9-11)16(20)21)15(19)18(2)10-12-6-4-5-7-17-12/h4-7,11,13-14H,3,8-10H2,1-2H3,(H,20,21). The summed E-state index contributed by atoms with van der Waals surface area (Å²) in [7, 11) is 1.72. The second-order valence-electron chi connectivity index (χ2n) is 5.81. The molecule has 114 valence electrons. The molecule has 3 unspecified atom stereocenters. The molecule has 5 nitrogen and oxygen atoms in total. The minimum absolute atomic E-state index is 0.0796. The number of hydrogen-bond acceptors (Lipinski definition) is 3. The van der Waals surface area contributed by atoms with Gasteiger partial charge < -0.3 is 10.0 Å². The minimum atomic E-state index is -0.851. The Morgan fingerprint density at radius 3 is 2.62 bits per heavy atom. The van der Waals surface area contributed by atoms with Crippen LogP contribution in [-0.2, 0) is 16.1 Å². The highest BCUT2D eigenvalue weighted by Crippen LogP contribution is 2.39. The van der Waals surface area contributed by atoms with Gasteiger partial charge in [-0.2, -0.15) is 0 Å². The van der Waals surface area contributed by atoms with Gasteiger partial charge in [-0.05, 0) is 30.9 Å². The quantitative estimate of drug-likeness (QED) is 0.902. The predicted molar refractivity (Wildman–Crippen MR) is 78.3 cm³/mol. The first-order valence-corrected chi connectivity index (χ1v) is 7.40. The lowest BCUT2D eigenvalue weighted by molar-refractivity contribution is -0.148. The molecule has 1 aromatic rings. The number of rotatable bonds is 5. The van der Waals surface area contributed by atoms with E-state index in [0.717, 1.165) is 12.1 Å². The molecule has 1 aliphatic rings. The number of nitrogens with zero attached hydrogens (tertiary/aromatic N) is 2. The highest BCUT2D eigenvalue weighted by molar-refractivity contribution is 5.85. The Morgan fingerprint density at radius 1 is 1.33 bits per heavy atom. The molecular weight excluding hydrogens is 268 g/mol. The summed E-state index contributed by atoms with van der Waals surface area (Å²) in [5.74, 6) is -1.54. The number of carbonyl (C=O) groups is 2. The van der Waals surface area contributed by atoms with E-state index in [4.69, 9.17) is 0 Å². The Hall–Kier alpha value is -1.91. The molecule has 0 spiro atoms. The summed E-state index contributed by atoms with van der Waals surface area (Å²) >= 11 is 0. The van der Waals surface area contributed by atoms with Gasteiger partial charge in [-0.25, -0.2) is 0 Å². The lowest BCUT2D eigenvalue weighted by Gasteiger charge is -2.23. The van der Waals surface area contributed by atoms with Crippen molar-refractivity contribution in [3.63, 3.8) is 0 Å². The largest absolute Gasteiger partial charge is 0.481 e. The highest BCUT2D eigenvalue weighted by atomic mass is 16.4. The van der Waals surface area contributed by atoms with Crippen LogP contribution in [-0.4, -0.2) is 33.9 Å². The maximum atomic E-state index is 12.6. The van der Waals surface area contributed by atoms with Gasteiger partial charge in [0.25, 0.3) is 0 Å². The van der Waals surface area contributed by atoms with E-state index < -0.39 is 17.8 Å². The van der Waals surface area contributed by atoms with Crippen molar-refractivity contribution in [2.75, 3.05) is 7.05 Å². The first-order valence-electron chi connectivity index (χ1n) is 7.40. The maximum absolute atomic E-state index is 12.6. The molecule has 1 saturated carbocycles. The van der Waals surface area contributed by atoms with Gasteiger partial charge in [-0.3, -0.25) is 14.6 Å². The molecule has 0 radical (unpaired) electrons. The van der Waals surface area contributed by atoms with Gasteiger partial charge in [0.2, 0.25) is 5.91 Å². The zero-order valence-electron chi connectivity index (χ0n) is 12.5.